The van der Waals surface area contributed by atoms with Gasteiger partial charge >= 0.3 is 6.18 Å². The summed E-state index contributed by atoms with van der Waals surface area (Å²) < 4.78 is 62.3. The molecule has 1 unspecified atom stereocenters. The van der Waals surface area contributed by atoms with Gasteiger partial charge in [-0.05, 0) is 38.6 Å². The fraction of sp³-hybridized carbons (Fsp3) is 0.536. The van der Waals surface area contributed by atoms with Crippen LogP contribution >= 0.6 is 12.4 Å². The van der Waals surface area contributed by atoms with Crippen LogP contribution in [0.25, 0.3) is 0 Å². The van der Waals surface area contributed by atoms with E-state index in [4.69, 9.17) is 4.74 Å². The second-order valence-corrected chi connectivity index (χ2v) is 11.1. The Balaban J connectivity index is 0.00000423. The van der Waals surface area contributed by atoms with Crippen molar-refractivity contribution in [2.45, 2.75) is 38.0 Å². The van der Waals surface area contributed by atoms with E-state index in [1.165, 1.54) is 12.1 Å². The van der Waals surface area contributed by atoms with Crippen LogP contribution in [0, 0.1) is 5.82 Å². The highest BCUT2D eigenvalue weighted by molar-refractivity contribution is 6.07. The number of ether oxygens (including phenoxy) is 1. The average Bonchev–Trinajstić information content (AvgIpc) is 2.96. The summed E-state index contributed by atoms with van der Waals surface area (Å²) in [6.07, 6.45) is -4.18. The van der Waals surface area contributed by atoms with Crippen LogP contribution < -0.4 is 21.1 Å². The molecule has 1 aromatic carbocycles. The lowest BCUT2D eigenvalue weighted by molar-refractivity contribution is -0.138. The van der Waals surface area contributed by atoms with Gasteiger partial charge in [0.15, 0.2) is 5.96 Å². The van der Waals surface area contributed by atoms with Gasteiger partial charge in [0, 0.05) is 63.0 Å². The molecule has 4 heterocycles. The van der Waals surface area contributed by atoms with Gasteiger partial charge in [0.2, 0.25) is 5.56 Å². The van der Waals surface area contributed by atoms with E-state index in [0.717, 1.165) is 12.2 Å². The van der Waals surface area contributed by atoms with Gasteiger partial charge in [-0.25, -0.2) is 4.39 Å². The molecular weight excluding hydrogens is 594 g/mol. The number of rotatable bonds is 4. The zero-order valence-electron chi connectivity index (χ0n) is 24.1. The molecule has 2 aromatic rings. The minimum Gasteiger partial charge on any atom is -0.378 e. The number of alkyl halides is 3. The fourth-order valence-corrected chi connectivity index (χ4v) is 5.67. The molecule has 0 spiro atoms. The number of pyridine rings is 1. The van der Waals surface area contributed by atoms with Crippen molar-refractivity contribution in [1.82, 2.24) is 20.1 Å². The molecule has 3 aliphatic rings. The number of benzene rings is 1. The molecule has 0 bridgehead atoms. The molecule has 43 heavy (non-hydrogen) atoms. The maximum Gasteiger partial charge on any atom is 0.417 e. The summed E-state index contributed by atoms with van der Waals surface area (Å²) in [6.45, 7) is 8.37. The maximum atomic E-state index is 15.8. The molecule has 0 saturated carbocycles. The second kappa shape index (κ2) is 13.1. The van der Waals surface area contributed by atoms with Crippen molar-refractivity contribution in [3.8, 4) is 0 Å². The van der Waals surface area contributed by atoms with Crippen LogP contribution in [0.4, 0.5) is 28.9 Å². The van der Waals surface area contributed by atoms with Crippen molar-refractivity contribution in [3.63, 3.8) is 0 Å². The highest BCUT2D eigenvalue weighted by Gasteiger charge is 2.37. The number of piperazine rings is 1. The molecule has 236 valence electrons. The second-order valence-electron chi connectivity index (χ2n) is 11.1. The summed E-state index contributed by atoms with van der Waals surface area (Å²) in [5, 5.41) is 5.87. The number of aromatic nitrogens is 1. The molecule has 1 amide bonds. The van der Waals surface area contributed by atoms with E-state index in [-0.39, 0.29) is 36.1 Å². The lowest BCUT2D eigenvalue weighted by Gasteiger charge is -2.44. The Bertz CT molecular complexity index is 1400. The van der Waals surface area contributed by atoms with Crippen molar-refractivity contribution in [3.05, 3.63) is 57.3 Å². The fourth-order valence-electron chi connectivity index (χ4n) is 5.67. The van der Waals surface area contributed by atoms with Crippen LogP contribution in [0.5, 0.6) is 0 Å². The van der Waals surface area contributed by atoms with E-state index in [0.29, 0.717) is 69.8 Å². The van der Waals surface area contributed by atoms with Crippen LogP contribution in [0.1, 0.15) is 41.3 Å². The Morgan fingerprint density at radius 1 is 1.09 bits per heavy atom. The Morgan fingerprint density at radius 2 is 1.77 bits per heavy atom. The number of amides is 1. The van der Waals surface area contributed by atoms with Gasteiger partial charge in [-0.15, -0.1) is 12.4 Å². The number of nitrogens with one attached hydrogen (secondary N) is 3. The van der Waals surface area contributed by atoms with E-state index < -0.39 is 34.6 Å². The van der Waals surface area contributed by atoms with Gasteiger partial charge in [0.05, 0.1) is 42.3 Å². The number of guanidine groups is 1. The summed E-state index contributed by atoms with van der Waals surface area (Å²) in [6, 6.07) is 3.40. The Hall–Kier alpha value is -3.36. The van der Waals surface area contributed by atoms with Crippen molar-refractivity contribution in [2.24, 2.45) is 4.99 Å². The number of morpholine rings is 1. The first-order valence-corrected chi connectivity index (χ1v) is 13.9. The normalized spacial score (nSPS) is 23.2. The first-order valence-electron chi connectivity index (χ1n) is 13.9. The first-order chi connectivity index (χ1) is 19.9. The number of nitrogens with zero attached hydrogens (tertiary/aromatic N) is 4. The molecule has 3 aliphatic heterocycles. The maximum absolute atomic E-state index is 15.8. The summed E-state index contributed by atoms with van der Waals surface area (Å²) in [4.78, 5) is 37.9. The minimum absolute atomic E-state index is 0. The number of carbonyl (C=O) groups excluding carboxylic acids is 1. The number of likely N-dealkylation sites (N-methyl/N-ethyl adjacent to an activating group) is 1. The molecule has 2 saturated heterocycles. The molecule has 0 radical (unpaired) electrons. The van der Waals surface area contributed by atoms with E-state index in [1.807, 2.05) is 25.8 Å². The predicted octanol–water partition coefficient (Wildman–Crippen LogP) is 3.11. The van der Waals surface area contributed by atoms with Gasteiger partial charge in [0.1, 0.15) is 5.82 Å². The summed E-state index contributed by atoms with van der Waals surface area (Å²) in [7, 11) is 2.00. The zero-order valence-corrected chi connectivity index (χ0v) is 24.9. The lowest BCUT2D eigenvalue weighted by Crippen LogP contribution is -2.55. The standard InChI is InChI=1S/C28H35F4N7O3.ClH/c1-16-14-39(15-17(2)37(16)3)24-10-22(29)19(18-11-34-27(35-12-18)38-4-6-42-7-5-38)8-23(24)36-26(41)20-13-33-25(40)9-21(20)28(30,31)32;/h8-10,13,16-18H,4-7,11-12,14-15H2,1-3H3,(H,33,40)(H,34,35)(H,36,41);1H/t16-,17+;. The molecule has 3 atom stereocenters. The number of carbonyl (C=O) groups is 1. The molecule has 15 heteroatoms. The number of aromatic amines is 1. The summed E-state index contributed by atoms with van der Waals surface area (Å²) >= 11 is 0. The van der Waals surface area contributed by atoms with Crippen molar-refractivity contribution in [2.75, 3.05) is 69.7 Å². The van der Waals surface area contributed by atoms with E-state index >= 15 is 4.39 Å². The van der Waals surface area contributed by atoms with Crippen LogP contribution in [-0.2, 0) is 10.9 Å². The Labute approximate surface area is 252 Å². The number of hydrogen-bond donors (Lipinski definition) is 3. The third-order valence-electron chi connectivity index (χ3n) is 8.26. The number of anilines is 2. The van der Waals surface area contributed by atoms with E-state index in [1.54, 1.807) is 0 Å². The molecule has 0 aliphatic carbocycles. The van der Waals surface area contributed by atoms with Gasteiger partial charge in [-0.2, -0.15) is 13.2 Å². The third kappa shape index (κ3) is 7.07. The molecular formula is C28H36ClF4N7O3. The van der Waals surface area contributed by atoms with Crippen LogP contribution in [0.3, 0.4) is 0 Å². The molecule has 3 N–H and O–H groups in total. The monoisotopic (exact) mass is 629 g/mol. The van der Waals surface area contributed by atoms with Crippen molar-refractivity contribution < 1.29 is 27.1 Å². The smallest absolute Gasteiger partial charge is 0.378 e. The number of H-pyrrole nitrogens is 1. The zero-order chi connectivity index (χ0) is 30.2. The molecule has 1 aromatic heterocycles. The quantitative estimate of drug-likeness (QED) is 0.447. The molecule has 5 rings (SSSR count). The number of aliphatic imine (C=N–C) groups is 1. The van der Waals surface area contributed by atoms with Gasteiger partial charge in [-0.3, -0.25) is 19.5 Å². The van der Waals surface area contributed by atoms with Gasteiger partial charge in [-0.1, -0.05) is 0 Å². The van der Waals surface area contributed by atoms with E-state index in [2.05, 4.69) is 30.4 Å². The predicted molar refractivity (Wildman–Crippen MR) is 158 cm³/mol. The molecule has 10 nitrogen and oxygen atoms in total. The van der Waals surface area contributed by atoms with Gasteiger partial charge in [0.25, 0.3) is 5.91 Å². The van der Waals surface area contributed by atoms with Crippen molar-refractivity contribution >= 4 is 35.6 Å². The van der Waals surface area contributed by atoms with E-state index in [9.17, 15) is 22.8 Å². The summed E-state index contributed by atoms with van der Waals surface area (Å²) in [5.41, 5.74) is -2.22. The Morgan fingerprint density at radius 3 is 2.37 bits per heavy atom. The summed E-state index contributed by atoms with van der Waals surface area (Å²) in [5.74, 6) is -1.21. The van der Waals surface area contributed by atoms with Crippen LogP contribution in [0.15, 0.2) is 34.2 Å². The van der Waals surface area contributed by atoms with Gasteiger partial charge < -0.3 is 30.2 Å². The largest absolute Gasteiger partial charge is 0.417 e. The number of hydrogen-bond acceptors (Lipinski definition) is 8. The Kier molecular flexibility index (Phi) is 9.92. The minimum atomic E-state index is -4.93. The van der Waals surface area contributed by atoms with Crippen LogP contribution in [0.2, 0.25) is 0 Å². The SMILES string of the molecule is C[C@@H]1CN(c2cc(F)c(C3CN=C(N4CCOCC4)NC3)cc2NC(=O)c2c[nH]c(=O)cc2C(F)(F)F)C[C@H](C)N1C.Cl. The highest BCUT2D eigenvalue weighted by atomic mass is 35.5. The average molecular weight is 630 g/mol. The number of halogens is 5. The van der Waals surface area contributed by atoms with Crippen molar-refractivity contribution in [1.29, 1.82) is 0 Å². The lowest BCUT2D eigenvalue weighted by atomic mass is 9.95. The third-order valence-corrected chi connectivity index (χ3v) is 8.26. The topological polar surface area (TPSA) is 105 Å². The molecule has 2 fully saturated rings. The first kappa shape index (κ1) is 32.6. The van der Waals surface area contributed by atoms with Crippen LogP contribution in [-0.4, -0.2) is 98.3 Å². The highest BCUT2D eigenvalue weighted by Crippen LogP contribution is 2.36.